The normalized spacial score (nSPS) is 24.8. The molecule has 4 heteroatoms. The molecular formula is C13H16ClNOS. The van der Waals surface area contributed by atoms with Crippen LogP contribution in [0.1, 0.15) is 19.4 Å². The smallest absolute Gasteiger partial charge is 0.109 e. The number of rotatable bonds is 1. The third-order valence-electron chi connectivity index (χ3n) is 2.80. The van der Waals surface area contributed by atoms with E-state index in [1.165, 1.54) is 0 Å². The van der Waals surface area contributed by atoms with E-state index >= 15 is 0 Å². The van der Waals surface area contributed by atoms with Gasteiger partial charge in [0.15, 0.2) is 0 Å². The topological polar surface area (TPSA) is 12.5 Å². The molecule has 1 fully saturated rings. The van der Waals surface area contributed by atoms with Crippen molar-refractivity contribution >= 4 is 28.8 Å². The standard InChI is InChI=1S/C13H16ClNOS/c1-9-7-15(8-10(2)16-9)13(17)11-3-5-12(14)6-4-11/h3-6,9-10H,7-8H2,1-2H3. The summed E-state index contributed by atoms with van der Waals surface area (Å²) in [6, 6.07) is 7.68. The van der Waals surface area contributed by atoms with E-state index in [2.05, 4.69) is 18.7 Å². The van der Waals surface area contributed by atoms with Crippen molar-refractivity contribution < 1.29 is 4.74 Å². The van der Waals surface area contributed by atoms with Crippen LogP contribution in [0, 0.1) is 0 Å². The van der Waals surface area contributed by atoms with Crippen LogP contribution in [0.4, 0.5) is 0 Å². The Balaban J connectivity index is 2.11. The molecule has 0 aromatic heterocycles. The minimum absolute atomic E-state index is 0.226. The lowest BCUT2D eigenvalue weighted by Crippen LogP contribution is -2.47. The highest BCUT2D eigenvalue weighted by atomic mass is 35.5. The van der Waals surface area contributed by atoms with Crippen LogP contribution in [0.15, 0.2) is 24.3 Å². The predicted octanol–water partition coefficient (Wildman–Crippen LogP) is 3.12. The van der Waals surface area contributed by atoms with Gasteiger partial charge in [0.1, 0.15) is 4.99 Å². The fraction of sp³-hybridized carbons (Fsp3) is 0.462. The molecule has 2 rings (SSSR count). The largest absolute Gasteiger partial charge is 0.372 e. The first-order valence-corrected chi connectivity index (χ1v) is 6.55. The maximum Gasteiger partial charge on any atom is 0.109 e. The summed E-state index contributed by atoms with van der Waals surface area (Å²) >= 11 is 11.4. The van der Waals surface area contributed by atoms with E-state index in [0.29, 0.717) is 0 Å². The first kappa shape index (κ1) is 12.8. The molecule has 2 unspecified atom stereocenters. The molecule has 1 heterocycles. The molecule has 1 aromatic carbocycles. The van der Waals surface area contributed by atoms with Crippen LogP contribution >= 0.6 is 23.8 Å². The average molecular weight is 270 g/mol. The van der Waals surface area contributed by atoms with Crippen molar-refractivity contribution in [1.82, 2.24) is 4.90 Å². The highest BCUT2D eigenvalue weighted by Gasteiger charge is 2.24. The summed E-state index contributed by atoms with van der Waals surface area (Å²) in [6.45, 7) is 5.86. The highest BCUT2D eigenvalue weighted by Crippen LogP contribution is 2.17. The van der Waals surface area contributed by atoms with Gasteiger partial charge in [-0.05, 0) is 26.0 Å². The van der Waals surface area contributed by atoms with Gasteiger partial charge < -0.3 is 9.64 Å². The summed E-state index contributed by atoms with van der Waals surface area (Å²) in [5, 5.41) is 0.736. The molecule has 0 amide bonds. The van der Waals surface area contributed by atoms with Gasteiger partial charge in [-0.3, -0.25) is 0 Å². The van der Waals surface area contributed by atoms with Crippen molar-refractivity contribution in [3.63, 3.8) is 0 Å². The Kier molecular flexibility index (Phi) is 4.02. The third-order valence-corrected chi connectivity index (χ3v) is 3.54. The number of thiocarbonyl (C=S) groups is 1. The molecule has 0 spiro atoms. The molecule has 0 aliphatic carbocycles. The maximum absolute atomic E-state index is 5.87. The second-order valence-corrected chi connectivity index (χ2v) is 5.30. The summed E-state index contributed by atoms with van der Waals surface area (Å²) in [6.07, 6.45) is 0.452. The number of hydrogen-bond donors (Lipinski definition) is 0. The molecule has 92 valence electrons. The number of ether oxygens (including phenoxy) is 1. The molecule has 0 N–H and O–H groups in total. The van der Waals surface area contributed by atoms with Gasteiger partial charge in [0.2, 0.25) is 0 Å². The van der Waals surface area contributed by atoms with Crippen LogP contribution in [0.5, 0.6) is 0 Å². The minimum atomic E-state index is 0.226. The Hall–Kier alpha value is -0.640. The lowest BCUT2D eigenvalue weighted by Gasteiger charge is -2.37. The van der Waals surface area contributed by atoms with E-state index in [1.54, 1.807) is 0 Å². The Bertz CT molecular complexity index is 396. The van der Waals surface area contributed by atoms with Crippen LogP contribution < -0.4 is 0 Å². The summed E-state index contributed by atoms with van der Waals surface area (Å²) in [5.74, 6) is 0. The number of hydrogen-bond acceptors (Lipinski definition) is 2. The molecule has 2 nitrogen and oxygen atoms in total. The van der Waals surface area contributed by atoms with Crippen molar-refractivity contribution in [1.29, 1.82) is 0 Å². The van der Waals surface area contributed by atoms with E-state index in [-0.39, 0.29) is 12.2 Å². The molecule has 17 heavy (non-hydrogen) atoms. The van der Waals surface area contributed by atoms with Gasteiger partial charge in [-0.25, -0.2) is 0 Å². The van der Waals surface area contributed by atoms with Crippen molar-refractivity contribution in [2.45, 2.75) is 26.1 Å². The van der Waals surface area contributed by atoms with E-state index in [0.717, 1.165) is 28.7 Å². The van der Waals surface area contributed by atoms with E-state index in [9.17, 15) is 0 Å². The highest BCUT2D eigenvalue weighted by molar-refractivity contribution is 7.80. The average Bonchev–Trinajstić information content (AvgIpc) is 2.28. The zero-order valence-corrected chi connectivity index (χ0v) is 11.6. The minimum Gasteiger partial charge on any atom is -0.372 e. The summed E-state index contributed by atoms with van der Waals surface area (Å²) in [5.41, 5.74) is 1.05. The monoisotopic (exact) mass is 269 g/mol. The molecule has 1 aromatic rings. The van der Waals surface area contributed by atoms with Crippen molar-refractivity contribution in [2.75, 3.05) is 13.1 Å². The van der Waals surface area contributed by atoms with E-state index in [1.807, 2.05) is 24.3 Å². The van der Waals surface area contributed by atoms with Crippen LogP contribution in [0.3, 0.4) is 0 Å². The van der Waals surface area contributed by atoms with Crippen LogP contribution in [-0.4, -0.2) is 35.2 Å². The van der Waals surface area contributed by atoms with Crippen molar-refractivity contribution in [2.24, 2.45) is 0 Å². The molecule has 1 saturated heterocycles. The Morgan fingerprint density at radius 3 is 2.29 bits per heavy atom. The SMILES string of the molecule is CC1CN(C(=S)c2ccc(Cl)cc2)CC(C)O1. The molecule has 0 bridgehead atoms. The number of halogens is 1. The summed E-state index contributed by atoms with van der Waals surface area (Å²) in [4.78, 5) is 3.08. The number of nitrogens with zero attached hydrogens (tertiary/aromatic N) is 1. The zero-order chi connectivity index (χ0) is 12.4. The molecule has 0 saturated carbocycles. The molecule has 1 aliphatic rings. The second kappa shape index (κ2) is 5.34. The maximum atomic E-state index is 5.87. The Labute approximate surface area is 113 Å². The lowest BCUT2D eigenvalue weighted by molar-refractivity contribution is -0.0472. The fourth-order valence-electron chi connectivity index (χ4n) is 2.12. The van der Waals surface area contributed by atoms with Crippen molar-refractivity contribution in [3.05, 3.63) is 34.9 Å². The first-order chi connectivity index (χ1) is 8.06. The van der Waals surface area contributed by atoms with Gasteiger partial charge in [0.25, 0.3) is 0 Å². The van der Waals surface area contributed by atoms with Gasteiger partial charge >= 0.3 is 0 Å². The number of morpholine rings is 1. The molecule has 2 atom stereocenters. The van der Waals surface area contributed by atoms with Gasteiger partial charge in [-0.1, -0.05) is 36.0 Å². The second-order valence-electron chi connectivity index (χ2n) is 4.47. The van der Waals surface area contributed by atoms with Crippen LogP contribution in [0.25, 0.3) is 0 Å². The Morgan fingerprint density at radius 1 is 1.24 bits per heavy atom. The van der Waals surface area contributed by atoms with E-state index in [4.69, 9.17) is 28.6 Å². The van der Waals surface area contributed by atoms with Gasteiger partial charge in [-0.2, -0.15) is 0 Å². The fourth-order valence-corrected chi connectivity index (χ4v) is 2.53. The Morgan fingerprint density at radius 2 is 1.76 bits per heavy atom. The lowest BCUT2D eigenvalue weighted by atomic mass is 10.1. The van der Waals surface area contributed by atoms with Gasteiger partial charge in [0, 0.05) is 23.7 Å². The molecule has 0 radical (unpaired) electrons. The van der Waals surface area contributed by atoms with Crippen molar-refractivity contribution in [3.8, 4) is 0 Å². The quantitative estimate of drug-likeness (QED) is 0.727. The number of benzene rings is 1. The summed E-state index contributed by atoms with van der Waals surface area (Å²) < 4.78 is 5.70. The van der Waals surface area contributed by atoms with Crippen LogP contribution in [-0.2, 0) is 4.74 Å². The van der Waals surface area contributed by atoms with Gasteiger partial charge in [0.05, 0.1) is 12.2 Å². The first-order valence-electron chi connectivity index (χ1n) is 5.76. The summed E-state index contributed by atoms with van der Waals surface area (Å²) in [7, 11) is 0. The predicted molar refractivity (Wildman–Crippen MR) is 74.7 cm³/mol. The van der Waals surface area contributed by atoms with Crippen LogP contribution in [0.2, 0.25) is 5.02 Å². The zero-order valence-electron chi connectivity index (χ0n) is 10.0. The molecular weight excluding hydrogens is 254 g/mol. The van der Waals surface area contributed by atoms with E-state index < -0.39 is 0 Å². The third kappa shape index (κ3) is 3.18. The molecule has 1 aliphatic heterocycles. The van der Waals surface area contributed by atoms with Gasteiger partial charge in [-0.15, -0.1) is 0 Å².